The summed E-state index contributed by atoms with van der Waals surface area (Å²) in [5, 5.41) is 2.95. The molecule has 1 heterocycles. The zero-order valence-electron chi connectivity index (χ0n) is 10.9. The van der Waals surface area contributed by atoms with Gasteiger partial charge in [0.05, 0.1) is 7.11 Å². The first-order valence-corrected chi connectivity index (χ1v) is 5.80. The summed E-state index contributed by atoms with van der Waals surface area (Å²) < 4.78 is 38.8. The van der Waals surface area contributed by atoms with E-state index in [1.807, 2.05) is 0 Å². The molecule has 7 heteroatoms. The van der Waals surface area contributed by atoms with E-state index < -0.39 is 12.3 Å². The smallest absolute Gasteiger partial charge is 0.466 e. The Morgan fingerprint density at radius 2 is 2.10 bits per heavy atom. The van der Waals surface area contributed by atoms with Gasteiger partial charge in [0, 0.05) is 23.9 Å². The van der Waals surface area contributed by atoms with Crippen molar-refractivity contribution < 1.29 is 27.8 Å². The molecular formula is C13H13F2NO4. The molecule has 2 rings (SSSR count). The highest BCUT2D eigenvalue weighted by atomic mass is 19.3. The largest absolute Gasteiger partial charge is 0.586 e. The molecule has 0 spiro atoms. The highest BCUT2D eigenvalue weighted by Gasteiger charge is 2.43. The van der Waals surface area contributed by atoms with Crippen molar-refractivity contribution >= 4 is 11.7 Å². The number of nitrogens with one attached hydrogen (secondary N) is 1. The molecular weight excluding hydrogens is 272 g/mol. The summed E-state index contributed by atoms with van der Waals surface area (Å²) in [4.78, 5) is 11.1. The maximum Gasteiger partial charge on any atom is 0.586 e. The van der Waals surface area contributed by atoms with Crippen molar-refractivity contribution in [3.63, 3.8) is 0 Å². The van der Waals surface area contributed by atoms with Crippen LogP contribution in [0.5, 0.6) is 11.5 Å². The van der Waals surface area contributed by atoms with Gasteiger partial charge < -0.3 is 19.5 Å². The van der Waals surface area contributed by atoms with Crippen LogP contribution < -0.4 is 14.8 Å². The van der Waals surface area contributed by atoms with Gasteiger partial charge in [0.25, 0.3) is 0 Å². The third-order valence-electron chi connectivity index (χ3n) is 2.62. The molecule has 1 aliphatic rings. The van der Waals surface area contributed by atoms with Crippen LogP contribution in [-0.2, 0) is 9.53 Å². The standard InChI is InChI=1S/C13H13F2NO4/c1-8(12(17)18-2)5-6-16-9-3-4-10-11(7-9)20-13(14,15)19-10/h3-5,7,16H,6H2,1-2H3/b8-5+. The third kappa shape index (κ3) is 3.17. The van der Waals surface area contributed by atoms with Crippen LogP contribution >= 0.6 is 0 Å². The lowest BCUT2D eigenvalue weighted by atomic mass is 10.2. The lowest BCUT2D eigenvalue weighted by molar-refractivity contribution is -0.286. The first kappa shape index (κ1) is 14.1. The Morgan fingerprint density at radius 3 is 2.80 bits per heavy atom. The molecule has 1 N–H and O–H groups in total. The van der Waals surface area contributed by atoms with Gasteiger partial charge in [-0.3, -0.25) is 0 Å². The van der Waals surface area contributed by atoms with Gasteiger partial charge >= 0.3 is 12.3 Å². The number of carbonyl (C=O) groups is 1. The zero-order valence-corrected chi connectivity index (χ0v) is 10.9. The number of hydrogen-bond acceptors (Lipinski definition) is 5. The summed E-state index contributed by atoms with van der Waals surface area (Å²) in [6, 6.07) is 4.36. The summed E-state index contributed by atoms with van der Waals surface area (Å²) in [6.45, 7) is 1.96. The van der Waals surface area contributed by atoms with Crippen molar-refractivity contribution in [1.29, 1.82) is 0 Å². The fourth-order valence-electron chi connectivity index (χ4n) is 1.63. The van der Waals surface area contributed by atoms with Crippen molar-refractivity contribution in [2.75, 3.05) is 19.0 Å². The molecule has 1 aliphatic heterocycles. The summed E-state index contributed by atoms with van der Waals surface area (Å²) in [5.41, 5.74) is 1.02. The summed E-state index contributed by atoms with van der Waals surface area (Å²) in [5.74, 6) is -0.465. The monoisotopic (exact) mass is 285 g/mol. The van der Waals surface area contributed by atoms with Crippen LogP contribution in [-0.4, -0.2) is 25.9 Å². The van der Waals surface area contributed by atoms with E-state index in [1.165, 1.54) is 19.2 Å². The maximum absolute atomic E-state index is 12.8. The van der Waals surface area contributed by atoms with E-state index in [1.54, 1.807) is 19.1 Å². The number of ether oxygens (including phenoxy) is 3. The predicted octanol–water partition coefficient (Wildman–Crippen LogP) is 2.54. The third-order valence-corrected chi connectivity index (χ3v) is 2.62. The Kier molecular flexibility index (Phi) is 3.78. The molecule has 0 aromatic heterocycles. The van der Waals surface area contributed by atoms with Gasteiger partial charge in [0.2, 0.25) is 0 Å². The van der Waals surface area contributed by atoms with Gasteiger partial charge in [-0.2, -0.15) is 0 Å². The van der Waals surface area contributed by atoms with Gasteiger partial charge in [-0.1, -0.05) is 6.08 Å². The Balaban J connectivity index is 1.98. The van der Waals surface area contributed by atoms with Gasteiger partial charge in [-0.15, -0.1) is 8.78 Å². The van der Waals surface area contributed by atoms with Crippen LogP contribution in [0.4, 0.5) is 14.5 Å². The number of hydrogen-bond donors (Lipinski definition) is 1. The van der Waals surface area contributed by atoms with Crippen molar-refractivity contribution in [2.24, 2.45) is 0 Å². The number of carbonyl (C=O) groups excluding carboxylic acids is 1. The van der Waals surface area contributed by atoms with Gasteiger partial charge in [0.15, 0.2) is 11.5 Å². The van der Waals surface area contributed by atoms with Crippen LogP contribution in [0.25, 0.3) is 0 Å². The van der Waals surface area contributed by atoms with Gasteiger partial charge in [0.1, 0.15) is 0 Å². The Hall–Kier alpha value is -2.31. The molecule has 0 saturated heterocycles. The number of esters is 1. The van der Waals surface area contributed by atoms with Gasteiger partial charge in [-0.25, -0.2) is 4.79 Å². The number of rotatable bonds is 4. The molecule has 0 radical (unpaired) electrons. The Morgan fingerprint density at radius 1 is 1.40 bits per heavy atom. The minimum absolute atomic E-state index is 0.0122. The van der Waals surface area contributed by atoms with Gasteiger partial charge in [-0.05, 0) is 19.1 Å². The van der Waals surface area contributed by atoms with Crippen LogP contribution in [0.1, 0.15) is 6.92 Å². The SMILES string of the molecule is COC(=O)/C(C)=C/CNc1ccc2c(c1)OC(F)(F)O2. The molecule has 1 aromatic carbocycles. The molecule has 0 saturated carbocycles. The minimum Gasteiger partial charge on any atom is -0.466 e. The first-order valence-electron chi connectivity index (χ1n) is 5.80. The van der Waals surface area contributed by atoms with Crippen LogP contribution in [0.15, 0.2) is 29.8 Å². The van der Waals surface area contributed by atoms with Crippen molar-refractivity contribution in [1.82, 2.24) is 0 Å². The molecule has 5 nitrogen and oxygen atoms in total. The normalized spacial score (nSPS) is 15.9. The summed E-state index contributed by atoms with van der Waals surface area (Å²) in [6.07, 6.45) is -1.99. The second kappa shape index (κ2) is 5.36. The molecule has 0 bridgehead atoms. The molecule has 1 aromatic rings. The molecule has 108 valence electrons. The average molecular weight is 285 g/mol. The molecule has 0 aliphatic carbocycles. The lowest BCUT2D eigenvalue weighted by Gasteiger charge is -2.05. The molecule has 0 fully saturated rings. The molecule has 0 unspecified atom stereocenters. The number of anilines is 1. The first-order chi connectivity index (χ1) is 9.41. The fourth-order valence-corrected chi connectivity index (χ4v) is 1.63. The highest BCUT2D eigenvalue weighted by Crippen LogP contribution is 2.42. The van der Waals surface area contributed by atoms with E-state index >= 15 is 0 Å². The second-order valence-electron chi connectivity index (χ2n) is 4.09. The van der Waals surface area contributed by atoms with E-state index in [9.17, 15) is 13.6 Å². The van der Waals surface area contributed by atoms with E-state index in [2.05, 4.69) is 19.5 Å². The van der Waals surface area contributed by atoms with Crippen LogP contribution in [0.3, 0.4) is 0 Å². The lowest BCUT2D eigenvalue weighted by Crippen LogP contribution is -2.25. The predicted molar refractivity (Wildman–Crippen MR) is 66.9 cm³/mol. The zero-order chi connectivity index (χ0) is 14.8. The fraction of sp³-hybridized carbons (Fsp3) is 0.308. The number of halogens is 2. The molecule has 0 atom stereocenters. The summed E-state index contributed by atoms with van der Waals surface area (Å²) in [7, 11) is 1.30. The second-order valence-corrected chi connectivity index (χ2v) is 4.09. The Labute approximate surface area is 114 Å². The van der Waals surface area contributed by atoms with E-state index in [4.69, 9.17) is 0 Å². The quantitative estimate of drug-likeness (QED) is 0.680. The number of methoxy groups -OCH3 is 1. The van der Waals surface area contributed by atoms with Crippen molar-refractivity contribution in [3.8, 4) is 11.5 Å². The van der Waals surface area contributed by atoms with Crippen molar-refractivity contribution in [2.45, 2.75) is 13.2 Å². The Bertz CT molecular complexity index is 557. The highest BCUT2D eigenvalue weighted by molar-refractivity contribution is 5.87. The topological polar surface area (TPSA) is 56.8 Å². The maximum atomic E-state index is 12.8. The van der Waals surface area contributed by atoms with E-state index in [-0.39, 0.29) is 11.5 Å². The minimum atomic E-state index is -3.62. The number of fused-ring (bicyclic) bond motifs is 1. The van der Waals surface area contributed by atoms with E-state index in [0.29, 0.717) is 17.8 Å². The molecule has 20 heavy (non-hydrogen) atoms. The van der Waals surface area contributed by atoms with Crippen molar-refractivity contribution in [3.05, 3.63) is 29.8 Å². The number of benzene rings is 1. The van der Waals surface area contributed by atoms with Crippen LogP contribution in [0.2, 0.25) is 0 Å². The van der Waals surface area contributed by atoms with Crippen LogP contribution in [0, 0.1) is 0 Å². The van der Waals surface area contributed by atoms with E-state index in [0.717, 1.165) is 0 Å². The average Bonchev–Trinajstić information content (AvgIpc) is 2.70. The summed E-state index contributed by atoms with van der Waals surface area (Å²) >= 11 is 0. The number of alkyl halides is 2. The molecule has 0 amide bonds.